The van der Waals surface area contributed by atoms with Gasteiger partial charge in [-0.2, -0.15) is 4.39 Å². The minimum Gasteiger partial charge on any atom is -0.505 e. The Balaban J connectivity index is 1.28. The van der Waals surface area contributed by atoms with Gasteiger partial charge in [0.1, 0.15) is 17.3 Å². The zero-order chi connectivity index (χ0) is 26.4. The smallest absolute Gasteiger partial charge is 0.201 e. The molecule has 1 aliphatic rings. The molecule has 38 heavy (non-hydrogen) atoms. The Labute approximate surface area is 220 Å². The number of aromatic amines is 1. The number of aliphatic hydroxyl groups is 1. The maximum atomic E-state index is 14.0. The van der Waals surface area contributed by atoms with Crippen LogP contribution in [-0.2, 0) is 0 Å². The second-order valence-electron chi connectivity index (χ2n) is 8.88. The number of hydrazine groups is 1. The van der Waals surface area contributed by atoms with Crippen LogP contribution in [0.15, 0.2) is 83.7 Å². The molecule has 4 N–H and O–H groups in total. The predicted octanol–water partition coefficient (Wildman–Crippen LogP) is 7.55. The number of H-pyrrole nitrogens is 1. The van der Waals surface area contributed by atoms with Crippen LogP contribution in [0.1, 0.15) is 11.3 Å². The Morgan fingerprint density at radius 2 is 1.89 bits per heavy atom. The van der Waals surface area contributed by atoms with Crippen LogP contribution in [0.2, 0.25) is 0 Å². The summed E-state index contributed by atoms with van der Waals surface area (Å²) >= 11 is 1.65. The first kappa shape index (κ1) is 23.9. The molecular formula is C29H22F2N4O2S. The van der Waals surface area contributed by atoms with Crippen LogP contribution in [0.25, 0.3) is 27.1 Å². The van der Waals surface area contributed by atoms with Gasteiger partial charge in [0.15, 0.2) is 11.6 Å². The topological polar surface area (TPSA) is 84.4 Å². The number of aryl methyl sites for hydroxylation is 1. The van der Waals surface area contributed by atoms with Crippen LogP contribution >= 0.6 is 11.3 Å². The van der Waals surface area contributed by atoms with Crippen molar-refractivity contribution >= 4 is 39.5 Å². The lowest BCUT2D eigenvalue weighted by atomic mass is 10.1. The van der Waals surface area contributed by atoms with Gasteiger partial charge in [-0.25, -0.2) is 9.82 Å². The number of ether oxygens (including phenoxy) is 1. The van der Waals surface area contributed by atoms with Gasteiger partial charge in [0, 0.05) is 27.9 Å². The van der Waals surface area contributed by atoms with Gasteiger partial charge < -0.3 is 14.8 Å². The molecule has 6 rings (SSSR count). The normalized spacial score (nSPS) is 14.9. The summed E-state index contributed by atoms with van der Waals surface area (Å²) in [6.45, 7) is 2.08. The molecule has 0 unspecified atom stereocenters. The number of thiophene rings is 1. The molecule has 0 radical (unpaired) electrons. The fourth-order valence-electron chi connectivity index (χ4n) is 4.58. The number of fused-ring (bicyclic) bond motifs is 1. The van der Waals surface area contributed by atoms with Crippen LogP contribution in [0.3, 0.4) is 0 Å². The Morgan fingerprint density at radius 1 is 1.05 bits per heavy atom. The zero-order valence-electron chi connectivity index (χ0n) is 20.2. The van der Waals surface area contributed by atoms with Crippen molar-refractivity contribution in [3.05, 3.63) is 107 Å². The number of halogens is 2. The summed E-state index contributed by atoms with van der Waals surface area (Å²) in [5.74, 6) is -1.81. The number of hydrogen-bond donors (Lipinski definition) is 4. The van der Waals surface area contributed by atoms with Crippen molar-refractivity contribution in [1.82, 2.24) is 10.4 Å². The van der Waals surface area contributed by atoms with Crippen molar-refractivity contribution in [2.24, 2.45) is 0 Å². The van der Waals surface area contributed by atoms with E-state index in [-0.39, 0.29) is 23.9 Å². The molecule has 0 atom stereocenters. The number of nitrogens with zero attached hydrogens (tertiary/aromatic N) is 1. The number of hydrogen-bond acceptors (Lipinski definition) is 5. The van der Waals surface area contributed by atoms with Crippen molar-refractivity contribution in [3.63, 3.8) is 0 Å². The van der Waals surface area contributed by atoms with E-state index in [0.717, 1.165) is 33.0 Å². The molecular weight excluding hydrogens is 506 g/mol. The average Bonchev–Trinajstić information content (AvgIpc) is 3.67. The van der Waals surface area contributed by atoms with Gasteiger partial charge in [0.25, 0.3) is 0 Å². The van der Waals surface area contributed by atoms with Crippen molar-refractivity contribution in [2.45, 2.75) is 6.92 Å². The molecule has 0 amide bonds. The lowest BCUT2D eigenvalue weighted by Gasteiger charge is -2.20. The Morgan fingerprint density at radius 3 is 2.68 bits per heavy atom. The van der Waals surface area contributed by atoms with E-state index in [9.17, 15) is 13.9 Å². The highest BCUT2D eigenvalue weighted by molar-refractivity contribution is 7.13. The summed E-state index contributed by atoms with van der Waals surface area (Å²) in [6.07, 6.45) is 0. The number of aromatic nitrogens is 1. The fourth-order valence-corrected chi connectivity index (χ4v) is 5.35. The molecule has 190 valence electrons. The van der Waals surface area contributed by atoms with E-state index in [4.69, 9.17) is 10.1 Å². The summed E-state index contributed by atoms with van der Waals surface area (Å²) in [5.41, 5.74) is 7.50. The Kier molecular flexibility index (Phi) is 5.94. The van der Waals surface area contributed by atoms with Crippen LogP contribution in [0.5, 0.6) is 11.5 Å². The first-order valence-electron chi connectivity index (χ1n) is 11.8. The lowest BCUT2D eigenvalue weighted by Crippen LogP contribution is -2.34. The molecule has 9 heteroatoms. The molecule has 3 aromatic carbocycles. The van der Waals surface area contributed by atoms with Crippen LogP contribution in [0, 0.1) is 24.0 Å². The van der Waals surface area contributed by atoms with Crippen molar-refractivity contribution in [3.8, 4) is 21.9 Å². The van der Waals surface area contributed by atoms with E-state index in [1.165, 1.54) is 12.1 Å². The molecule has 6 nitrogen and oxygen atoms in total. The van der Waals surface area contributed by atoms with E-state index >= 15 is 0 Å². The highest BCUT2D eigenvalue weighted by Gasteiger charge is 2.29. The number of nitrogens with one attached hydrogen (secondary N) is 3. The molecule has 5 aromatic rings. The molecule has 0 saturated carbocycles. The number of benzene rings is 3. The van der Waals surface area contributed by atoms with Gasteiger partial charge in [0.2, 0.25) is 5.82 Å². The van der Waals surface area contributed by atoms with Crippen molar-refractivity contribution in [2.75, 3.05) is 11.6 Å². The zero-order valence-corrected chi connectivity index (χ0v) is 21.0. The molecule has 1 saturated heterocycles. The van der Waals surface area contributed by atoms with E-state index in [2.05, 4.69) is 22.5 Å². The van der Waals surface area contributed by atoms with Crippen LogP contribution < -0.4 is 15.2 Å². The Hall–Kier alpha value is -4.47. The molecule has 3 heterocycles. The third-order valence-corrected chi connectivity index (χ3v) is 7.37. The van der Waals surface area contributed by atoms with Gasteiger partial charge in [-0.15, -0.1) is 11.3 Å². The molecule has 1 fully saturated rings. The minimum absolute atomic E-state index is 0.00230. The number of rotatable bonds is 5. The maximum absolute atomic E-state index is 14.0. The summed E-state index contributed by atoms with van der Waals surface area (Å²) in [5, 5.41) is 24.5. The number of aliphatic hydroxyl groups excluding tert-OH is 1. The second kappa shape index (κ2) is 9.44. The third-order valence-electron chi connectivity index (χ3n) is 6.47. The molecule has 0 aliphatic carbocycles. The highest BCUT2D eigenvalue weighted by Crippen LogP contribution is 2.35. The number of anilines is 1. The largest absolute Gasteiger partial charge is 0.505 e. The van der Waals surface area contributed by atoms with Gasteiger partial charge >= 0.3 is 0 Å². The molecule has 2 aromatic heterocycles. The first-order valence-corrected chi connectivity index (χ1v) is 12.7. The van der Waals surface area contributed by atoms with E-state index in [1.807, 2.05) is 36.6 Å². The SMILES string of the molecule is Cc1cc(Oc2cccc(F)c2F)ccc1N1NCC(=C(O)c2cc3c(-c4cccs4)cccc3[nH]2)C1=N. The monoisotopic (exact) mass is 528 g/mol. The van der Waals surface area contributed by atoms with E-state index in [1.54, 1.807) is 34.5 Å². The van der Waals surface area contributed by atoms with Gasteiger partial charge in [-0.1, -0.05) is 24.3 Å². The minimum atomic E-state index is -1.05. The predicted molar refractivity (Wildman–Crippen MR) is 147 cm³/mol. The second-order valence-corrected chi connectivity index (χ2v) is 9.82. The molecule has 0 bridgehead atoms. The molecule has 0 spiro atoms. The third kappa shape index (κ3) is 4.11. The quantitative estimate of drug-likeness (QED) is 0.178. The van der Waals surface area contributed by atoms with E-state index < -0.39 is 11.6 Å². The standard InChI is InChI=1S/C29H22F2N4O2S/c1-16-13-17(37-25-8-3-6-21(30)27(25)31)10-11-24(16)35-29(32)20(15-33-35)28(36)23-14-19-18(26-9-4-12-38-26)5-2-7-22(19)34-23/h2-14,32-34,36H,15H2,1H3. The maximum Gasteiger partial charge on any atom is 0.201 e. The first-order chi connectivity index (χ1) is 18.4. The lowest BCUT2D eigenvalue weighted by molar-refractivity contribution is 0.416. The highest BCUT2D eigenvalue weighted by atomic mass is 32.1. The fraction of sp³-hybridized carbons (Fsp3) is 0.0690. The van der Waals surface area contributed by atoms with Gasteiger partial charge in [-0.3, -0.25) is 10.4 Å². The Bertz CT molecular complexity index is 1730. The van der Waals surface area contributed by atoms with Crippen LogP contribution in [0.4, 0.5) is 14.5 Å². The number of amidine groups is 1. The van der Waals surface area contributed by atoms with Crippen LogP contribution in [-0.4, -0.2) is 22.5 Å². The summed E-state index contributed by atoms with van der Waals surface area (Å²) in [7, 11) is 0. The average molecular weight is 529 g/mol. The van der Waals surface area contributed by atoms with Crippen molar-refractivity contribution in [1.29, 1.82) is 5.41 Å². The van der Waals surface area contributed by atoms with E-state index in [0.29, 0.717) is 22.7 Å². The van der Waals surface area contributed by atoms with Gasteiger partial charge in [0.05, 0.1) is 17.0 Å². The summed E-state index contributed by atoms with van der Waals surface area (Å²) in [6, 6.07) is 20.7. The molecule has 1 aliphatic heterocycles. The van der Waals surface area contributed by atoms with Crippen molar-refractivity contribution < 1.29 is 18.6 Å². The summed E-state index contributed by atoms with van der Waals surface area (Å²) in [4.78, 5) is 4.42. The van der Waals surface area contributed by atoms with Gasteiger partial charge in [-0.05, 0) is 66.4 Å². The summed E-state index contributed by atoms with van der Waals surface area (Å²) < 4.78 is 33.1.